The number of carbonyl (C=O) groups is 1. The molecule has 2 aromatic heterocycles. The highest BCUT2D eigenvalue weighted by atomic mass is 35.5. The lowest BCUT2D eigenvalue weighted by molar-refractivity contribution is 0.102. The van der Waals surface area contributed by atoms with E-state index in [0.29, 0.717) is 32.3 Å². The minimum atomic E-state index is -0.0736. The Bertz CT molecular complexity index is 1150. The van der Waals surface area contributed by atoms with Gasteiger partial charge in [-0.2, -0.15) is 0 Å². The van der Waals surface area contributed by atoms with Crippen molar-refractivity contribution in [2.75, 3.05) is 5.75 Å². The van der Waals surface area contributed by atoms with Crippen LogP contribution in [0, 0.1) is 0 Å². The third-order valence-electron chi connectivity index (χ3n) is 4.12. The van der Waals surface area contributed by atoms with Gasteiger partial charge in [0.15, 0.2) is 16.8 Å². The number of benzene rings is 2. The average molecular weight is 441 g/mol. The number of nitrogens with zero attached hydrogens (tertiary/aromatic N) is 4. The molecule has 0 atom stereocenters. The van der Waals surface area contributed by atoms with Crippen molar-refractivity contribution in [2.45, 2.75) is 5.16 Å². The molecule has 0 N–H and O–H groups in total. The molecule has 0 amide bonds. The Morgan fingerprint density at radius 2 is 1.72 bits per heavy atom. The summed E-state index contributed by atoms with van der Waals surface area (Å²) in [5.41, 5.74) is 2.09. The number of para-hydroxylation sites is 1. The molecule has 0 bridgehead atoms. The second kappa shape index (κ2) is 8.78. The Morgan fingerprint density at radius 3 is 2.45 bits per heavy atom. The van der Waals surface area contributed by atoms with Crippen LogP contribution in [0.4, 0.5) is 0 Å². The lowest BCUT2D eigenvalue weighted by atomic mass is 10.1. The van der Waals surface area contributed by atoms with Gasteiger partial charge < -0.3 is 0 Å². The van der Waals surface area contributed by atoms with Crippen LogP contribution in [-0.4, -0.2) is 31.3 Å². The SMILES string of the molecule is O=C(CSc1nnc(-c2ccccn2)n1-c1ccccc1)c1ccc(Cl)c(Cl)c1. The van der Waals surface area contributed by atoms with E-state index in [2.05, 4.69) is 15.2 Å². The molecule has 0 fully saturated rings. The van der Waals surface area contributed by atoms with E-state index < -0.39 is 0 Å². The maximum Gasteiger partial charge on any atom is 0.196 e. The minimum Gasteiger partial charge on any atom is -0.293 e. The zero-order chi connectivity index (χ0) is 20.2. The van der Waals surface area contributed by atoms with E-state index in [1.165, 1.54) is 11.8 Å². The normalized spacial score (nSPS) is 10.8. The van der Waals surface area contributed by atoms with Crippen molar-refractivity contribution >= 4 is 40.7 Å². The zero-order valence-electron chi connectivity index (χ0n) is 15.0. The molecule has 4 rings (SSSR count). The summed E-state index contributed by atoms with van der Waals surface area (Å²) < 4.78 is 1.90. The number of aromatic nitrogens is 4. The first kappa shape index (κ1) is 19.6. The van der Waals surface area contributed by atoms with Crippen molar-refractivity contribution in [3.63, 3.8) is 0 Å². The monoisotopic (exact) mass is 440 g/mol. The highest BCUT2D eigenvalue weighted by Crippen LogP contribution is 2.28. The van der Waals surface area contributed by atoms with Crippen LogP contribution in [0.15, 0.2) is 78.1 Å². The molecule has 0 radical (unpaired) electrons. The number of carbonyl (C=O) groups excluding carboxylic acids is 1. The lowest BCUT2D eigenvalue weighted by Crippen LogP contribution is -2.05. The topological polar surface area (TPSA) is 60.7 Å². The van der Waals surface area contributed by atoms with Crippen molar-refractivity contribution in [3.8, 4) is 17.2 Å². The number of pyridine rings is 1. The molecule has 0 aliphatic rings. The molecule has 4 aromatic rings. The molecule has 8 heteroatoms. The lowest BCUT2D eigenvalue weighted by Gasteiger charge is -2.09. The summed E-state index contributed by atoms with van der Waals surface area (Å²) in [6, 6.07) is 20.2. The van der Waals surface area contributed by atoms with Crippen LogP contribution in [0.2, 0.25) is 10.0 Å². The van der Waals surface area contributed by atoms with Crippen LogP contribution >= 0.6 is 35.0 Å². The Hall–Kier alpha value is -2.67. The van der Waals surface area contributed by atoms with Gasteiger partial charge >= 0.3 is 0 Å². The summed E-state index contributed by atoms with van der Waals surface area (Å²) >= 11 is 13.3. The van der Waals surface area contributed by atoms with E-state index >= 15 is 0 Å². The third-order valence-corrected chi connectivity index (χ3v) is 5.78. The van der Waals surface area contributed by atoms with Gasteiger partial charge in [0.1, 0.15) is 5.69 Å². The first-order valence-corrected chi connectivity index (χ1v) is 10.4. The standard InChI is InChI=1S/C21H14Cl2N4OS/c22-16-10-9-14(12-17(16)23)19(28)13-29-21-26-25-20(18-8-4-5-11-24-18)27(21)15-6-2-1-3-7-15/h1-12H,13H2. The van der Waals surface area contributed by atoms with E-state index in [1.54, 1.807) is 24.4 Å². The van der Waals surface area contributed by atoms with Gasteiger partial charge in [-0.05, 0) is 42.5 Å². The summed E-state index contributed by atoms with van der Waals surface area (Å²) in [7, 11) is 0. The molecule has 0 aliphatic carbocycles. The number of halogens is 2. The smallest absolute Gasteiger partial charge is 0.196 e. The van der Waals surface area contributed by atoms with Crippen LogP contribution in [0.25, 0.3) is 17.2 Å². The molecule has 0 spiro atoms. The van der Waals surface area contributed by atoms with Crippen molar-refractivity contribution < 1.29 is 4.79 Å². The molecule has 29 heavy (non-hydrogen) atoms. The van der Waals surface area contributed by atoms with Crippen molar-refractivity contribution in [1.82, 2.24) is 19.7 Å². The van der Waals surface area contributed by atoms with Crippen LogP contribution in [-0.2, 0) is 0 Å². The molecule has 0 unspecified atom stereocenters. The molecular weight excluding hydrogens is 427 g/mol. The Labute approximate surface area is 181 Å². The predicted octanol–water partition coefficient (Wildman–Crippen LogP) is 5.61. The molecule has 2 heterocycles. The van der Waals surface area contributed by atoms with Gasteiger partial charge in [0, 0.05) is 17.4 Å². The Balaban J connectivity index is 1.64. The fraction of sp³-hybridized carbons (Fsp3) is 0.0476. The molecular formula is C21H14Cl2N4OS. The van der Waals surface area contributed by atoms with Crippen LogP contribution in [0.3, 0.4) is 0 Å². The maximum atomic E-state index is 12.6. The number of hydrogen-bond acceptors (Lipinski definition) is 5. The number of rotatable bonds is 6. The van der Waals surface area contributed by atoms with Gasteiger partial charge in [-0.25, -0.2) is 0 Å². The van der Waals surface area contributed by atoms with Gasteiger partial charge in [0.25, 0.3) is 0 Å². The van der Waals surface area contributed by atoms with Crippen molar-refractivity contribution in [2.24, 2.45) is 0 Å². The molecule has 5 nitrogen and oxygen atoms in total. The van der Waals surface area contributed by atoms with Crippen LogP contribution in [0.5, 0.6) is 0 Å². The fourth-order valence-corrected chi connectivity index (χ4v) is 3.86. The second-order valence-corrected chi connectivity index (χ2v) is 7.79. The maximum absolute atomic E-state index is 12.6. The van der Waals surface area contributed by atoms with Gasteiger partial charge in [-0.15, -0.1) is 10.2 Å². The number of hydrogen-bond donors (Lipinski definition) is 0. The number of ketones is 1. The first-order valence-electron chi connectivity index (χ1n) is 8.67. The van der Waals surface area contributed by atoms with Gasteiger partial charge in [-0.3, -0.25) is 14.3 Å². The summed E-state index contributed by atoms with van der Waals surface area (Å²) in [4.78, 5) is 17.0. The molecule has 0 saturated carbocycles. The predicted molar refractivity (Wildman–Crippen MR) is 116 cm³/mol. The van der Waals surface area contributed by atoms with Crippen LogP contribution in [0.1, 0.15) is 10.4 Å². The van der Waals surface area contributed by atoms with Gasteiger partial charge in [-0.1, -0.05) is 59.2 Å². The van der Waals surface area contributed by atoms with Crippen molar-refractivity contribution in [3.05, 3.63) is 88.5 Å². The van der Waals surface area contributed by atoms with Gasteiger partial charge in [0.05, 0.1) is 15.8 Å². The van der Waals surface area contributed by atoms with Crippen molar-refractivity contribution in [1.29, 1.82) is 0 Å². The first-order chi connectivity index (χ1) is 14.1. The van der Waals surface area contributed by atoms with E-state index in [1.807, 2.05) is 53.1 Å². The van der Waals surface area contributed by atoms with Gasteiger partial charge in [0.2, 0.25) is 0 Å². The minimum absolute atomic E-state index is 0.0736. The van der Waals surface area contributed by atoms with E-state index in [4.69, 9.17) is 23.2 Å². The molecule has 0 aliphatic heterocycles. The Kier molecular flexibility index (Phi) is 5.94. The summed E-state index contributed by atoms with van der Waals surface area (Å²) in [6.07, 6.45) is 1.71. The number of Topliss-reactive ketones (excluding diaryl/α,β-unsaturated/α-hetero) is 1. The zero-order valence-corrected chi connectivity index (χ0v) is 17.3. The summed E-state index contributed by atoms with van der Waals surface area (Å²) in [5, 5.41) is 9.99. The molecule has 144 valence electrons. The van der Waals surface area contributed by atoms with E-state index in [9.17, 15) is 4.79 Å². The largest absolute Gasteiger partial charge is 0.293 e. The van der Waals surface area contributed by atoms with Crippen LogP contribution < -0.4 is 0 Å². The quantitative estimate of drug-likeness (QED) is 0.288. The second-order valence-electron chi connectivity index (χ2n) is 6.03. The fourth-order valence-electron chi connectivity index (χ4n) is 2.72. The summed E-state index contributed by atoms with van der Waals surface area (Å²) in [6.45, 7) is 0. The third kappa shape index (κ3) is 4.34. The highest BCUT2D eigenvalue weighted by Gasteiger charge is 2.18. The number of thioether (sulfide) groups is 1. The molecule has 0 saturated heterocycles. The average Bonchev–Trinajstić information content (AvgIpc) is 3.19. The summed E-state index contributed by atoms with van der Waals surface area (Å²) in [5.74, 6) is 0.724. The van der Waals surface area contributed by atoms with E-state index in [-0.39, 0.29) is 11.5 Å². The van der Waals surface area contributed by atoms with E-state index in [0.717, 1.165) is 5.69 Å². The molecule has 2 aromatic carbocycles. The Morgan fingerprint density at radius 1 is 0.931 bits per heavy atom. The highest BCUT2D eigenvalue weighted by molar-refractivity contribution is 7.99.